The van der Waals surface area contributed by atoms with Crippen LogP contribution in [0.4, 0.5) is 0 Å². The van der Waals surface area contributed by atoms with E-state index in [9.17, 15) is 9.90 Å². The average molecular weight is 438 g/mol. The molecule has 0 amide bonds. The second kappa shape index (κ2) is 7.36. The lowest BCUT2D eigenvalue weighted by molar-refractivity contribution is 0.0697. The highest BCUT2D eigenvalue weighted by molar-refractivity contribution is 7.14. The van der Waals surface area contributed by atoms with Gasteiger partial charge in [0.1, 0.15) is 16.3 Å². The Morgan fingerprint density at radius 2 is 2.07 bits per heavy atom. The van der Waals surface area contributed by atoms with Gasteiger partial charge in [0, 0.05) is 22.9 Å². The Morgan fingerprint density at radius 3 is 2.87 bits per heavy atom. The van der Waals surface area contributed by atoms with Crippen molar-refractivity contribution in [2.24, 2.45) is 0 Å². The summed E-state index contributed by atoms with van der Waals surface area (Å²) >= 11 is 7.88. The molecule has 5 rings (SSSR count). The van der Waals surface area contributed by atoms with Gasteiger partial charge in [-0.25, -0.2) is 9.78 Å². The summed E-state index contributed by atoms with van der Waals surface area (Å²) in [6.45, 7) is 0. The maximum atomic E-state index is 11.6. The van der Waals surface area contributed by atoms with Crippen LogP contribution in [0, 0.1) is 0 Å². The van der Waals surface area contributed by atoms with E-state index in [1.54, 1.807) is 18.3 Å². The van der Waals surface area contributed by atoms with E-state index < -0.39 is 5.97 Å². The largest absolute Gasteiger partial charge is 0.478 e. The summed E-state index contributed by atoms with van der Waals surface area (Å²) in [6.07, 6.45) is 5.13. The number of halogens is 1. The molecule has 8 nitrogen and oxygen atoms in total. The van der Waals surface area contributed by atoms with E-state index in [-0.39, 0.29) is 5.56 Å². The SMILES string of the molecule is O=C(O)c1cc(-c2ncco2)cc(-c2nnc(Cc3ccc4[nH]ncc4c3Cl)s2)c1. The molecule has 0 radical (unpaired) electrons. The fourth-order valence-electron chi connectivity index (χ4n) is 3.13. The smallest absolute Gasteiger partial charge is 0.335 e. The van der Waals surface area contributed by atoms with Crippen molar-refractivity contribution in [3.05, 3.63) is 70.1 Å². The lowest BCUT2D eigenvalue weighted by atomic mass is 10.1. The molecule has 3 heterocycles. The molecule has 0 aliphatic heterocycles. The molecule has 0 spiro atoms. The Bertz CT molecular complexity index is 1380. The summed E-state index contributed by atoms with van der Waals surface area (Å²) in [5, 5.41) is 27.7. The third kappa shape index (κ3) is 3.34. The standard InChI is InChI=1S/C20H12ClN5O3S/c21-17-10(1-2-15-14(17)9-23-24-15)8-16-25-26-19(30-16)12-5-11(18-22-3-4-29-18)6-13(7-12)20(27)28/h1-7,9H,8H2,(H,23,24)(H,27,28). The molecule has 5 aromatic rings. The van der Waals surface area contributed by atoms with Crippen molar-refractivity contribution >= 4 is 39.8 Å². The van der Waals surface area contributed by atoms with Gasteiger partial charge in [0.25, 0.3) is 0 Å². The number of nitrogens with zero attached hydrogens (tertiary/aromatic N) is 4. The number of hydrogen-bond acceptors (Lipinski definition) is 7. The monoisotopic (exact) mass is 437 g/mol. The Hall–Kier alpha value is -3.56. The second-order valence-electron chi connectivity index (χ2n) is 6.49. The van der Waals surface area contributed by atoms with Gasteiger partial charge in [0.15, 0.2) is 0 Å². The molecule has 0 unspecified atom stereocenters. The van der Waals surface area contributed by atoms with Crippen molar-refractivity contribution in [2.75, 3.05) is 0 Å². The highest BCUT2D eigenvalue weighted by Gasteiger charge is 2.16. The maximum Gasteiger partial charge on any atom is 0.335 e. The van der Waals surface area contributed by atoms with Gasteiger partial charge >= 0.3 is 5.97 Å². The number of hydrogen-bond donors (Lipinski definition) is 2. The lowest BCUT2D eigenvalue weighted by Gasteiger charge is -2.03. The average Bonchev–Trinajstić information content (AvgIpc) is 3.51. The quantitative estimate of drug-likeness (QED) is 0.409. The summed E-state index contributed by atoms with van der Waals surface area (Å²) < 4.78 is 5.31. The number of nitrogens with one attached hydrogen (secondary N) is 1. The molecule has 0 aliphatic rings. The van der Waals surface area contributed by atoms with Gasteiger partial charge in [0.2, 0.25) is 5.89 Å². The minimum absolute atomic E-state index is 0.117. The first kappa shape index (κ1) is 18.5. The van der Waals surface area contributed by atoms with Gasteiger partial charge in [-0.05, 0) is 29.8 Å². The highest BCUT2D eigenvalue weighted by atomic mass is 35.5. The zero-order valence-electron chi connectivity index (χ0n) is 15.2. The first-order chi connectivity index (χ1) is 14.6. The number of benzene rings is 2. The molecule has 0 aliphatic carbocycles. The van der Waals surface area contributed by atoms with Crippen LogP contribution < -0.4 is 0 Å². The second-order valence-corrected chi connectivity index (χ2v) is 7.93. The summed E-state index contributed by atoms with van der Waals surface area (Å²) in [6, 6.07) is 8.70. The molecule has 2 aromatic carbocycles. The van der Waals surface area contributed by atoms with E-state index in [1.165, 1.54) is 29.9 Å². The van der Waals surface area contributed by atoms with Crippen LogP contribution in [0.15, 0.2) is 53.4 Å². The predicted molar refractivity (Wildman–Crippen MR) is 112 cm³/mol. The summed E-state index contributed by atoms with van der Waals surface area (Å²) in [7, 11) is 0. The number of H-pyrrole nitrogens is 1. The van der Waals surface area contributed by atoms with Gasteiger partial charge < -0.3 is 9.52 Å². The number of fused-ring (bicyclic) bond motifs is 1. The van der Waals surface area contributed by atoms with E-state index in [1.807, 2.05) is 12.1 Å². The molecule has 3 aromatic heterocycles. The van der Waals surface area contributed by atoms with Crippen LogP contribution in [0.3, 0.4) is 0 Å². The first-order valence-electron chi connectivity index (χ1n) is 8.80. The number of carboxylic acid groups (broad SMARTS) is 1. The van der Waals surface area contributed by atoms with Gasteiger partial charge in [0.05, 0.1) is 28.5 Å². The molecule has 2 N–H and O–H groups in total. The third-order valence-corrected chi connectivity index (χ3v) is 5.97. The highest BCUT2D eigenvalue weighted by Crippen LogP contribution is 2.32. The molecular formula is C20H12ClN5O3S. The molecule has 0 fully saturated rings. The van der Waals surface area contributed by atoms with Crippen molar-refractivity contribution in [3.8, 4) is 22.0 Å². The van der Waals surface area contributed by atoms with Crippen LogP contribution in [0.2, 0.25) is 5.02 Å². The van der Waals surface area contributed by atoms with Crippen molar-refractivity contribution < 1.29 is 14.3 Å². The number of aromatic nitrogens is 5. The minimum Gasteiger partial charge on any atom is -0.478 e. The van der Waals surface area contributed by atoms with Crippen molar-refractivity contribution in [1.82, 2.24) is 25.4 Å². The van der Waals surface area contributed by atoms with E-state index in [0.29, 0.717) is 33.5 Å². The molecule has 30 heavy (non-hydrogen) atoms. The number of carboxylic acids is 1. The van der Waals surface area contributed by atoms with Crippen LogP contribution >= 0.6 is 22.9 Å². The predicted octanol–water partition coefficient (Wildman–Crippen LogP) is 4.68. The Labute approximate surface area is 178 Å². The molecule has 0 atom stereocenters. The Morgan fingerprint density at radius 1 is 1.20 bits per heavy atom. The van der Waals surface area contributed by atoms with Crippen LogP contribution in [-0.4, -0.2) is 36.5 Å². The lowest BCUT2D eigenvalue weighted by Crippen LogP contribution is -1.97. The van der Waals surface area contributed by atoms with Crippen LogP contribution in [-0.2, 0) is 6.42 Å². The van der Waals surface area contributed by atoms with Gasteiger partial charge in [-0.3, -0.25) is 5.10 Å². The first-order valence-corrected chi connectivity index (χ1v) is 9.99. The minimum atomic E-state index is -1.05. The van der Waals surface area contributed by atoms with Crippen LogP contribution in [0.5, 0.6) is 0 Å². The van der Waals surface area contributed by atoms with Crippen LogP contribution in [0.25, 0.3) is 32.9 Å². The van der Waals surface area contributed by atoms with Gasteiger partial charge in [-0.15, -0.1) is 10.2 Å². The molecule has 0 saturated carbocycles. The molecule has 0 saturated heterocycles. The summed E-state index contributed by atoms with van der Waals surface area (Å²) in [5.74, 6) is -0.709. The van der Waals surface area contributed by atoms with Crippen molar-refractivity contribution in [3.63, 3.8) is 0 Å². The summed E-state index contributed by atoms with van der Waals surface area (Å²) in [4.78, 5) is 15.7. The number of aromatic carboxylic acids is 1. The zero-order chi connectivity index (χ0) is 20.7. The van der Waals surface area contributed by atoms with E-state index in [4.69, 9.17) is 16.0 Å². The molecule has 0 bridgehead atoms. The van der Waals surface area contributed by atoms with E-state index in [0.717, 1.165) is 21.5 Å². The number of carbonyl (C=O) groups is 1. The van der Waals surface area contributed by atoms with E-state index >= 15 is 0 Å². The Kier molecular flexibility index (Phi) is 4.53. The normalized spacial score (nSPS) is 11.2. The fraction of sp³-hybridized carbons (Fsp3) is 0.0500. The number of rotatable bonds is 5. The maximum absolute atomic E-state index is 11.6. The number of aromatic amines is 1. The molecular weight excluding hydrogens is 426 g/mol. The Balaban J connectivity index is 1.50. The fourth-order valence-corrected chi connectivity index (χ4v) is 4.26. The van der Waals surface area contributed by atoms with Crippen molar-refractivity contribution in [2.45, 2.75) is 6.42 Å². The number of oxazole rings is 1. The van der Waals surface area contributed by atoms with Gasteiger partial charge in [-0.2, -0.15) is 5.10 Å². The van der Waals surface area contributed by atoms with E-state index in [2.05, 4.69) is 25.4 Å². The molecule has 10 heteroatoms. The topological polar surface area (TPSA) is 118 Å². The van der Waals surface area contributed by atoms with Gasteiger partial charge in [-0.1, -0.05) is 29.0 Å². The third-order valence-electron chi connectivity index (χ3n) is 4.55. The zero-order valence-corrected chi connectivity index (χ0v) is 16.7. The molecule has 148 valence electrons. The summed E-state index contributed by atoms with van der Waals surface area (Å²) in [5.41, 5.74) is 3.08. The van der Waals surface area contributed by atoms with Crippen LogP contribution in [0.1, 0.15) is 20.9 Å². The van der Waals surface area contributed by atoms with Crippen molar-refractivity contribution in [1.29, 1.82) is 0 Å².